The van der Waals surface area contributed by atoms with Gasteiger partial charge in [-0.3, -0.25) is 0 Å². The van der Waals surface area contributed by atoms with E-state index in [1.807, 2.05) is 0 Å². The van der Waals surface area contributed by atoms with Gasteiger partial charge in [0.25, 0.3) is 0 Å². The van der Waals surface area contributed by atoms with Crippen LogP contribution in [0, 0.1) is 6.92 Å². The van der Waals surface area contributed by atoms with Crippen LogP contribution in [-0.2, 0) is 6.18 Å². The van der Waals surface area contributed by atoms with Gasteiger partial charge in [0.1, 0.15) is 0 Å². The van der Waals surface area contributed by atoms with E-state index in [9.17, 15) is 13.2 Å². The molecule has 10 heavy (non-hydrogen) atoms. The highest BCUT2D eigenvalue weighted by Crippen LogP contribution is 2.29. The lowest BCUT2D eigenvalue weighted by Crippen LogP contribution is -2.01. The monoisotopic (exact) mass is 149 g/mol. The second kappa shape index (κ2) is 2.04. The summed E-state index contributed by atoms with van der Waals surface area (Å²) in [7, 11) is 0. The van der Waals surface area contributed by atoms with Gasteiger partial charge < -0.3 is 4.98 Å². The van der Waals surface area contributed by atoms with Crippen LogP contribution in [0.4, 0.5) is 13.2 Å². The molecule has 1 heterocycles. The Bertz CT molecular complexity index is 223. The maximum atomic E-state index is 11.8. The van der Waals surface area contributed by atoms with Gasteiger partial charge in [0, 0.05) is 11.9 Å². The topological polar surface area (TPSA) is 15.8 Å². The summed E-state index contributed by atoms with van der Waals surface area (Å²) in [6.45, 7) is 1.58. The van der Waals surface area contributed by atoms with Crippen molar-refractivity contribution in [2.24, 2.45) is 0 Å². The van der Waals surface area contributed by atoms with E-state index in [2.05, 4.69) is 4.98 Å². The van der Waals surface area contributed by atoms with Crippen LogP contribution in [-0.4, -0.2) is 4.98 Å². The van der Waals surface area contributed by atoms with Gasteiger partial charge in [0.15, 0.2) is 0 Å². The van der Waals surface area contributed by atoms with Crippen molar-refractivity contribution in [3.8, 4) is 0 Å². The minimum atomic E-state index is -4.22. The Kier molecular flexibility index (Phi) is 1.46. The molecule has 1 rings (SSSR count). The molecule has 0 unspecified atom stereocenters. The quantitative estimate of drug-likeness (QED) is 0.582. The molecule has 1 nitrogen and oxygen atoms in total. The van der Waals surface area contributed by atoms with Crippen LogP contribution in [0.15, 0.2) is 12.3 Å². The van der Waals surface area contributed by atoms with E-state index in [4.69, 9.17) is 0 Å². The van der Waals surface area contributed by atoms with Gasteiger partial charge in [-0.15, -0.1) is 0 Å². The third-order valence-corrected chi connectivity index (χ3v) is 1.15. The molecule has 0 aromatic carbocycles. The molecule has 1 aromatic rings. The van der Waals surface area contributed by atoms with Gasteiger partial charge in [-0.1, -0.05) is 0 Å². The van der Waals surface area contributed by atoms with Crippen molar-refractivity contribution in [2.75, 3.05) is 0 Å². The van der Waals surface area contributed by atoms with Crippen LogP contribution in [0.5, 0.6) is 0 Å². The maximum Gasteiger partial charge on any atom is 0.417 e. The Balaban J connectivity index is 2.96. The predicted molar refractivity (Wildman–Crippen MR) is 30.5 cm³/mol. The molecule has 0 radical (unpaired) electrons. The molecule has 0 bridgehead atoms. The van der Waals surface area contributed by atoms with E-state index in [1.54, 1.807) is 6.92 Å². The summed E-state index contributed by atoms with van der Waals surface area (Å²) in [4.78, 5) is 2.46. The van der Waals surface area contributed by atoms with Crippen LogP contribution < -0.4 is 0 Å². The summed E-state index contributed by atoms with van der Waals surface area (Å²) in [5.41, 5.74) is -0.0997. The number of H-pyrrole nitrogens is 1. The first kappa shape index (κ1) is 7.18. The lowest BCUT2D eigenvalue weighted by Gasteiger charge is -2.00. The van der Waals surface area contributed by atoms with E-state index in [0.29, 0.717) is 5.69 Å². The number of halogens is 3. The lowest BCUT2D eigenvalue weighted by molar-refractivity contribution is -0.137. The van der Waals surface area contributed by atoms with Crippen LogP contribution in [0.25, 0.3) is 0 Å². The molecule has 56 valence electrons. The summed E-state index contributed by atoms with van der Waals surface area (Å²) in [5.74, 6) is 0. The molecule has 0 saturated heterocycles. The molecule has 4 heteroatoms. The van der Waals surface area contributed by atoms with Crippen LogP contribution in [0.2, 0.25) is 0 Å². The summed E-state index contributed by atoms with van der Waals surface area (Å²) < 4.78 is 35.3. The Morgan fingerprint density at radius 1 is 1.40 bits per heavy atom. The highest BCUT2D eigenvalue weighted by molar-refractivity contribution is 5.18. The van der Waals surface area contributed by atoms with Gasteiger partial charge in [-0.2, -0.15) is 13.2 Å². The van der Waals surface area contributed by atoms with Gasteiger partial charge in [-0.25, -0.2) is 0 Å². The second-order valence-electron chi connectivity index (χ2n) is 2.07. The molecule has 0 aliphatic rings. The summed E-state index contributed by atoms with van der Waals surface area (Å²) in [5, 5.41) is 0. The van der Waals surface area contributed by atoms with Crippen molar-refractivity contribution >= 4 is 0 Å². The number of aromatic amines is 1. The molecule has 0 aliphatic heterocycles. The SMILES string of the molecule is Cc1cc(C(F)(F)F)c[nH]1. The molecule has 0 amide bonds. The fraction of sp³-hybridized carbons (Fsp3) is 0.333. The average Bonchev–Trinajstić information content (AvgIpc) is 2.11. The zero-order chi connectivity index (χ0) is 7.78. The van der Waals surface area contributed by atoms with E-state index in [0.717, 1.165) is 12.3 Å². The molecule has 0 saturated carbocycles. The summed E-state index contributed by atoms with van der Waals surface area (Å²) >= 11 is 0. The van der Waals surface area contributed by atoms with Gasteiger partial charge >= 0.3 is 6.18 Å². The zero-order valence-electron chi connectivity index (χ0n) is 5.29. The van der Waals surface area contributed by atoms with Crippen LogP contribution >= 0.6 is 0 Å². The Morgan fingerprint density at radius 2 is 2.00 bits per heavy atom. The molecule has 1 N–H and O–H groups in total. The lowest BCUT2D eigenvalue weighted by atomic mass is 10.3. The predicted octanol–water partition coefficient (Wildman–Crippen LogP) is 2.34. The highest BCUT2D eigenvalue weighted by Gasteiger charge is 2.30. The standard InChI is InChI=1S/C6H6F3N/c1-4-2-5(3-10-4)6(7,8)9/h2-3,10H,1H3. The van der Waals surface area contributed by atoms with E-state index in [1.165, 1.54) is 0 Å². The maximum absolute atomic E-state index is 11.8. The largest absolute Gasteiger partial charge is 0.417 e. The van der Waals surface area contributed by atoms with Gasteiger partial charge in [0.05, 0.1) is 5.56 Å². The highest BCUT2D eigenvalue weighted by atomic mass is 19.4. The first-order valence-electron chi connectivity index (χ1n) is 2.72. The Labute approximate surface area is 55.9 Å². The van der Waals surface area contributed by atoms with E-state index < -0.39 is 11.7 Å². The number of aromatic nitrogens is 1. The van der Waals surface area contributed by atoms with Crippen LogP contribution in [0.3, 0.4) is 0 Å². The van der Waals surface area contributed by atoms with Crippen molar-refractivity contribution in [1.29, 1.82) is 0 Å². The first-order chi connectivity index (χ1) is 4.50. The van der Waals surface area contributed by atoms with Crippen molar-refractivity contribution in [2.45, 2.75) is 13.1 Å². The smallest absolute Gasteiger partial charge is 0.365 e. The van der Waals surface area contributed by atoms with Gasteiger partial charge in [0.2, 0.25) is 0 Å². The number of hydrogen-bond donors (Lipinski definition) is 1. The van der Waals surface area contributed by atoms with E-state index in [-0.39, 0.29) is 0 Å². The molecule has 0 fully saturated rings. The molecule has 1 aromatic heterocycles. The molecule has 0 atom stereocenters. The van der Waals surface area contributed by atoms with E-state index >= 15 is 0 Å². The first-order valence-corrected chi connectivity index (χ1v) is 2.72. The number of alkyl halides is 3. The Morgan fingerprint density at radius 3 is 2.20 bits per heavy atom. The Hall–Kier alpha value is -0.930. The summed E-state index contributed by atoms with van der Waals surface area (Å²) in [6, 6.07) is 1.07. The number of rotatable bonds is 0. The van der Waals surface area contributed by atoms with Crippen molar-refractivity contribution in [3.63, 3.8) is 0 Å². The summed E-state index contributed by atoms with van der Waals surface area (Å²) in [6.07, 6.45) is -3.26. The average molecular weight is 149 g/mol. The zero-order valence-corrected chi connectivity index (χ0v) is 5.29. The number of nitrogens with one attached hydrogen (secondary N) is 1. The minimum Gasteiger partial charge on any atom is -0.365 e. The van der Waals surface area contributed by atoms with Gasteiger partial charge in [-0.05, 0) is 13.0 Å². The van der Waals surface area contributed by atoms with Crippen molar-refractivity contribution < 1.29 is 13.2 Å². The third kappa shape index (κ3) is 1.32. The third-order valence-electron chi connectivity index (χ3n) is 1.15. The van der Waals surface area contributed by atoms with Crippen molar-refractivity contribution in [3.05, 3.63) is 23.5 Å². The molecular weight excluding hydrogens is 143 g/mol. The molecule has 0 spiro atoms. The molecular formula is C6H6F3N. The fourth-order valence-electron chi connectivity index (χ4n) is 0.672. The number of hydrogen-bond acceptors (Lipinski definition) is 0. The fourth-order valence-corrected chi connectivity index (χ4v) is 0.672. The number of aryl methyl sites for hydroxylation is 1. The minimum absolute atomic E-state index is 0.521. The normalized spacial score (nSPS) is 12.0. The van der Waals surface area contributed by atoms with Crippen LogP contribution in [0.1, 0.15) is 11.3 Å². The second-order valence-corrected chi connectivity index (χ2v) is 2.07. The van der Waals surface area contributed by atoms with Crippen molar-refractivity contribution in [1.82, 2.24) is 4.98 Å². The molecule has 0 aliphatic carbocycles.